The number of rotatable bonds is 3. The summed E-state index contributed by atoms with van der Waals surface area (Å²) in [6, 6.07) is 11.6. The van der Waals surface area contributed by atoms with Crippen LogP contribution in [0.2, 0.25) is 0 Å². The topological polar surface area (TPSA) is 103 Å². The molecule has 3 aliphatic rings. The summed E-state index contributed by atoms with van der Waals surface area (Å²) in [6.45, 7) is 9.98. The summed E-state index contributed by atoms with van der Waals surface area (Å²) >= 11 is 0. The van der Waals surface area contributed by atoms with Crippen molar-refractivity contribution in [1.29, 1.82) is 0 Å². The minimum absolute atomic E-state index is 0.0438. The van der Waals surface area contributed by atoms with Crippen LogP contribution in [0.4, 0.5) is 22.7 Å². The number of nitrogens with one attached hydrogen (secondary N) is 3. The third kappa shape index (κ3) is 3.78. The molecule has 3 aliphatic heterocycles. The van der Waals surface area contributed by atoms with Crippen molar-refractivity contribution in [2.75, 3.05) is 35.2 Å². The number of non-ortho nitro benzene ring substituents is 1. The van der Waals surface area contributed by atoms with Gasteiger partial charge in [-0.15, -0.1) is 0 Å². The zero-order valence-electron chi connectivity index (χ0n) is 19.0. The molecule has 3 N–H and O–H groups in total. The number of nitro groups is 1. The quantitative estimate of drug-likeness (QED) is 0.376. The van der Waals surface area contributed by atoms with Gasteiger partial charge in [0.1, 0.15) is 5.82 Å². The number of fused-ring (bicyclic) bond motifs is 2. The van der Waals surface area contributed by atoms with Gasteiger partial charge in [0.25, 0.3) is 11.6 Å². The molecule has 1 saturated heterocycles. The summed E-state index contributed by atoms with van der Waals surface area (Å²) in [5.41, 5.74) is 4.98. The molecule has 0 radical (unpaired) electrons. The van der Waals surface area contributed by atoms with Gasteiger partial charge in [-0.25, -0.2) is 0 Å². The van der Waals surface area contributed by atoms with Gasteiger partial charge in [0.15, 0.2) is 0 Å². The lowest BCUT2D eigenvalue weighted by Gasteiger charge is -2.39. The Labute approximate surface area is 192 Å². The number of piperazine rings is 1. The molecule has 33 heavy (non-hydrogen) atoms. The van der Waals surface area contributed by atoms with Crippen molar-refractivity contribution < 1.29 is 9.72 Å². The van der Waals surface area contributed by atoms with Crippen molar-refractivity contribution in [2.24, 2.45) is 0 Å². The molecule has 1 fully saturated rings. The second kappa shape index (κ2) is 8.08. The average Bonchev–Trinajstić information content (AvgIpc) is 3.12. The zero-order valence-corrected chi connectivity index (χ0v) is 19.0. The lowest BCUT2D eigenvalue weighted by atomic mass is 10.0. The average molecular weight is 449 g/mol. The predicted molar refractivity (Wildman–Crippen MR) is 129 cm³/mol. The Morgan fingerprint density at radius 2 is 1.94 bits per heavy atom. The van der Waals surface area contributed by atoms with E-state index in [9.17, 15) is 14.9 Å². The number of anilines is 3. The number of nitro benzene ring substituents is 1. The van der Waals surface area contributed by atoms with Gasteiger partial charge in [0.2, 0.25) is 0 Å². The molecule has 0 aliphatic carbocycles. The fourth-order valence-corrected chi connectivity index (χ4v) is 4.81. The maximum Gasteiger partial charge on any atom is 0.271 e. The molecule has 0 unspecified atom stereocenters. The first-order valence-electron chi connectivity index (χ1n) is 11.3. The maximum absolute atomic E-state index is 13.0. The molecule has 5 rings (SSSR count). The van der Waals surface area contributed by atoms with Crippen LogP contribution in [-0.4, -0.2) is 47.4 Å². The van der Waals surface area contributed by atoms with Crippen LogP contribution in [0, 0.1) is 10.1 Å². The summed E-state index contributed by atoms with van der Waals surface area (Å²) in [5, 5.41) is 20.9. The van der Waals surface area contributed by atoms with E-state index in [1.165, 1.54) is 23.4 Å². The number of hydrogen-bond acceptors (Lipinski definition) is 7. The van der Waals surface area contributed by atoms with E-state index >= 15 is 0 Å². The van der Waals surface area contributed by atoms with E-state index in [4.69, 9.17) is 0 Å². The molecule has 1 atom stereocenters. The van der Waals surface area contributed by atoms with Crippen LogP contribution in [0.15, 0.2) is 42.2 Å². The molecule has 0 spiro atoms. The van der Waals surface area contributed by atoms with Crippen molar-refractivity contribution in [3.05, 3.63) is 63.5 Å². The van der Waals surface area contributed by atoms with Gasteiger partial charge in [-0.05, 0) is 50.6 Å². The number of carbonyl (C=O) groups is 1. The third-order valence-corrected chi connectivity index (χ3v) is 6.52. The van der Waals surface area contributed by atoms with E-state index in [1.54, 1.807) is 6.07 Å². The number of nitrogens with zero attached hydrogens (tertiary/aromatic N) is 3. The SMILES string of the molecule is CC(C)N1Cc2cc(N3CCN[C@@H](C)C3)ccc2N/C1=C1\C(=O)Nc2cc([N+](=O)[O-])ccc21. The largest absolute Gasteiger partial charge is 0.369 e. The van der Waals surface area contributed by atoms with Crippen LogP contribution in [0.1, 0.15) is 31.9 Å². The molecular formula is C24H28N6O3. The smallest absolute Gasteiger partial charge is 0.271 e. The molecular weight excluding hydrogens is 420 g/mol. The molecule has 172 valence electrons. The van der Waals surface area contributed by atoms with Crippen molar-refractivity contribution >= 4 is 34.2 Å². The van der Waals surface area contributed by atoms with Crippen molar-refractivity contribution in [2.45, 2.75) is 39.4 Å². The highest BCUT2D eigenvalue weighted by molar-refractivity contribution is 6.32. The first-order valence-corrected chi connectivity index (χ1v) is 11.3. The lowest BCUT2D eigenvalue weighted by Crippen LogP contribution is -2.49. The first-order chi connectivity index (χ1) is 15.8. The van der Waals surface area contributed by atoms with Gasteiger partial charge in [-0.1, -0.05) is 0 Å². The normalized spacial score (nSPS) is 22.1. The predicted octanol–water partition coefficient (Wildman–Crippen LogP) is 3.35. The summed E-state index contributed by atoms with van der Waals surface area (Å²) in [7, 11) is 0. The Hall–Kier alpha value is -3.59. The lowest BCUT2D eigenvalue weighted by molar-refractivity contribution is -0.384. The Balaban J connectivity index is 1.54. The van der Waals surface area contributed by atoms with Gasteiger partial charge in [-0.2, -0.15) is 0 Å². The summed E-state index contributed by atoms with van der Waals surface area (Å²) < 4.78 is 0. The second-order valence-electron chi connectivity index (χ2n) is 9.15. The van der Waals surface area contributed by atoms with Gasteiger partial charge in [-0.3, -0.25) is 14.9 Å². The van der Waals surface area contributed by atoms with E-state index in [0.717, 1.165) is 31.1 Å². The van der Waals surface area contributed by atoms with Crippen LogP contribution < -0.4 is 20.9 Å². The standard InChI is InChI=1S/C24H28N6O3/c1-14(2)29-13-16-10-17(28-9-8-25-15(3)12-28)5-7-20(16)26-23(29)22-19-6-4-18(30(32)33)11-21(19)27-24(22)31/h4-7,10-11,14-15,25-26H,8-9,12-13H2,1-3H3,(H,27,31)/b23-22+/t15-/m0/s1. The van der Waals surface area contributed by atoms with E-state index < -0.39 is 4.92 Å². The molecule has 9 nitrogen and oxygen atoms in total. The van der Waals surface area contributed by atoms with Crippen LogP contribution in [-0.2, 0) is 11.3 Å². The molecule has 2 aromatic carbocycles. The highest BCUT2D eigenvalue weighted by atomic mass is 16.6. The Morgan fingerprint density at radius 1 is 1.12 bits per heavy atom. The summed E-state index contributed by atoms with van der Waals surface area (Å²) in [5.74, 6) is 0.472. The zero-order chi connectivity index (χ0) is 23.3. The molecule has 9 heteroatoms. The second-order valence-corrected chi connectivity index (χ2v) is 9.15. The van der Waals surface area contributed by atoms with Crippen LogP contribution >= 0.6 is 0 Å². The molecule has 0 aromatic heterocycles. The molecule has 2 aromatic rings. The summed E-state index contributed by atoms with van der Waals surface area (Å²) in [4.78, 5) is 28.3. The van der Waals surface area contributed by atoms with Crippen molar-refractivity contribution in [3.63, 3.8) is 0 Å². The fourth-order valence-electron chi connectivity index (χ4n) is 4.81. The van der Waals surface area contributed by atoms with Crippen molar-refractivity contribution in [3.8, 4) is 0 Å². The fraction of sp³-hybridized carbons (Fsp3) is 0.375. The highest BCUT2D eigenvalue weighted by Crippen LogP contribution is 2.40. The van der Waals surface area contributed by atoms with Gasteiger partial charge in [0, 0.05) is 67.3 Å². The first kappa shape index (κ1) is 21.3. The van der Waals surface area contributed by atoms with E-state index in [0.29, 0.717) is 29.4 Å². The van der Waals surface area contributed by atoms with E-state index in [1.807, 2.05) is 0 Å². The minimum Gasteiger partial charge on any atom is -0.369 e. The molecule has 1 amide bonds. The Morgan fingerprint density at radius 3 is 2.67 bits per heavy atom. The van der Waals surface area contributed by atoms with Gasteiger partial charge >= 0.3 is 0 Å². The highest BCUT2D eigenvalue weighted by Gasteiger charge is 2.34. The molecule has 0 saturated carbocycles. The number of benzene rings is 2. The minimum atomic E-state index is -0.455. The Bertz CT molecular complexity index is 1170. The third-order valence-electron chi connectivity index (χ3n) is 6.52. The number of amides is 1. The monoisotopic (exact) mass is 448 g/mol. The van der Waals surface area contributed by atoms with Gasteiger partial charge < -0.3 is 25.8 Å². The Kier molecular flexibility index (Phi) is 5.20. The van der Waals surface area contributed by atoms with E-state index in [-0.39, 0.29) is 17.6 Å². The van der Waals surface area contributed by atoms with Crippen LogP contribution in [0.25, 0.3) is 5.57 Å². The van der Waals surface area contributed by atoms with Crippen LogP contribution in [0.3, 0.4) is 0 Å². The van der Waals surface area contributed by atoms with E-state index in [2.05, 4.69) is 64.7 Å². The van der Waals surface area contributed by atoms with Gasteiger partial charge in [0.05, 0.1) is 16.2 Å². The molecule has 3 heterocycles. The maximum atomic E-state index is 13.0. The molecule has 0 bridgehead atoms. The number of carbonyl (C=O) groups excluding carboxylic acids is 1. The summed E-state index contributed by atoms with van der Waals surface area (Å²) in [6.07, 6.45) is 0. The van der Waals surface area contributed by atoms with Crippen LogP contribution in [0.5, 0.6) is 0 Å². The van der Waals surface area contributed by atoms with Crippen molar-refractivity contribution in [1.82, 2.24) is 10.2 Å². The number of hydrogen-bond donors (Lipinski definition) is 3.